The summed E-state index contributed by atoms with van der Waals surface area (Å²) in [6.45, 7) is 2.24. The van der Waals surface area contributed by atoms with Crippen molar-refractivity contribution in [1.82, 2.24) is 15.2 Å². The number of anilines is 2. The van der Waals surface area contributed by atoms with E-state index in [1.54, 1.807) is 43.4 Å². The molecule has 31 heavy (non-hydrogen) atoms. The molecule has 3 rings (SSSR count). The number of aromatic nitrogens is 1. The number of piperidine rings is 1. The second-order valence-corrected chi connectivity index (χ2v) is 7.16. The van der Waals surface area contributed by atoms with Crippen molar-refractivity contribution in [3.05, 3.63) is 36.4 Å². The Kier molecular flexibility index (Phi) is 8.02. The number of azo groups is 1. The van der Waals surface area contributed by atoms with Crippen LogP contribution in [-0.4, -0.2) is 55.0 Å². The van der Waals surface area contributed by atoms with Crippen molar-refractivity contribution >= 4 is 34.9 Å². The van der Waals surface area contributed by atoms with Crippen LogP contribution in [0.25, 0.3) is 0 Å². The van der Waals surface area contributed by atoms with Crippen LogP contribution in [0.2, 0.25) is 0 Å². The summed E-state index contributed by atoms with van der Waals surface area (Å²) < 4.78 is 5.52. The number of ether oxygens (including phenoxy) is 1. The molecule has 4 N–H and O–H groups in total. The SMILES string of the molecule is CNCC(=O)Nc1ccc(N=Nc2ccccc2OC(=O)CN2CCCCC2)c(N)n1. The summed E-state index contributed by atoms with van der Waals surface area (Å²) in [4.78, 5) is 30.2. The van der Waals surface area contributed by atoms with Gasteiger partial charge in [-0.2, -0.15) is 0 Å². The maximum absolute atomic E-state index is 12.3. The summed E-state index contributed by atoms with van der Waals surface area (Å²) in [6.07, 6.45) is 3.41. The number of benzene rings is 1. The third-order valence-electron chi connectivity index (χ3n) is 4.66. The van der Waals surface area contributed by atoms with Gasteiger partial charge in [-0.3, -0.25) is 14.5 Å². The highest BCUT2D eigenvalue weighted by Crippen LogP contribution is 2.30. The van der Waals surface area contributed by atoms with Gasteiger partial charge in [0.05, 0.1) is 13.1 Å². The summed E-state index contributed by atoms with van der Waals surface area (Å²) in [5.74, 6) is 0.210. The molecule has 0 radical (unpaired) electrons. The molecule has 0 spiro atoms. The summed E-state index contributed by atoms with van der Waals surface area (Å²) in [5.41, 5.74) is 6.67. The van der Waals surface area contributed by atoms with Crippen molar-refractivity contribution < 1.29 is 14.3 Å². The molecule has 0 unspecified atom stereocenters. The number of hydrogen-bond donors (Lipinski definition) is 3. The molecule has 0 aliphatic carbocycles. The maximum Gasteiger partial charge on any atom is 0.325 e. The highest BCUT2D eigenvalue weighted by Gasteiger charge is 2.16. The Morgan fingerprint density at radius 3 is 2.58 bits per heavy atom. The topological polar surface area (TPSA) is 134 Å². The minimum Gasteiger partial charge on any atom is -0.423 e. The van der Waals surface area contributed by atoms with E-state index < -0.39 is 0 Å². The molecule has 0 bridgehead atoms. The Bertz CT molecular complexity index is 942. The maximum atomic E-state index is 12.3. The van der Waals surface area contributed by atoms with Gasteiger partial charge in [0.2, 0.25) is 5.91 Å². The van der Waals surface area contributed by atoms with Crippen molar-refractivity contribution in [2.45, 2.75) is 19.3 Å². The Morgan fingerprint density at radius 1 is 1.10 bits per heavy atom. The molecule has 1 saturated heterocycles. The molecular weight excluding hydrogens is 398 g/mol. The molecule has 10 heteroatoms. The van der Waals surface area contributed by atoms with Gasteiger partial charge in [-0.05, 0) is 57.2 Å². The number of nitrogens with one attached hydrogen (secondary N) is 2. The average Bonchev–Trinajstić information content (AvgIpc) is 2.75. The molecule has 10 nitrogen and oxygen atoms in total. The van der Waals surface area contributed by atoms with Gasteiger partial charge in [0.25, 0.3) is 0 Å². The molecule has 1 aromatic carbocycles. The number of rotatable bonds is 8. The minimum absolute atomic E-state index is 0.116. The lowest BCUT2D eigenvalue weighted by molar-refractivity contribution is -0.135. The number of likely N-dealkylation sites (N-methyl/N-ethyl adjacent to an activating group) is 1. The normalized spacial score (nSPS) is 14.5. The smallest absolute Gasteiger partial charge is 0.325 e. The first-order valence-corrected chi connectivity index (χ1v) is 10.2. The van der Waals surface area contributed by atoms with E-state index in [0.717, 1.165) is 25.9 Å². The molecule has 164 valence electrons. The lowest BCUT2D eigenvalue weighted by Crippen LogP contribution is -2.36. The van der Waals surface area contributed by atoms with Crippen LogP contribution >= 0.6 is 0 Å². The minimum atomic E-state index is -0.326. The number of nitrogens with zero attached hydrogens (tertiary/aromatic N) is 4. The number of esters is 1. The van der Waals surface area contributed by atoms with Crippen LogP contribution < -0.4 is 21.1 Å². The first kappa shape index (κ1) is 22.3. The second-order valence-electron chi connectivity index (χ2n) is 7.16. The highest BCUT2D eigenvalue weighted by atomic mass is 16.5. The molecule has 0 saturated carbocycles. The Labute approximate surface area is 180 Å². The number of likely N-dealkylation sites (tertiary alicyclic amines) is 1. The molecule has 1 amide bonds. The second kappa shape index (κ2) is 11.1. The zero-order chi connectivity index (χ0) is 22.1. The predicted octanol–water partition coefficient (Wildman–Crippen LogP) is 2.63. The molecule has 1 aliphatic heterocycles. The van der Waals surface area contributed by atoms with Gasteiger partial charge < -0.3 is 21.1 Å². The fraction of sp³-hybridized carbons (Fsp3) is 0.381. The fourth-order valence-electron chi connectivity index (χ4n) is 3.16. The van der Waals surface area contributed by atoms with Gasteiger partial charge in [0, 0.05) is 0 Å². The lowest BCUT2D eigenvalue weighted by atomic mass is 10.1. The number of nitrogens with two attached hydrogens (primary N) is 1. The van der Waals surface area contributed by atoms with E-state index in [9.17, 15) is 9.59 Å². The van der Waals surface area contributed by atoms with Gasteiger partial charge in [0.15, 0.2) is 11.6 Å². The summed E-state index contributed by atoms with van der Waals surface area (Å²) in [6, 6.07) is 10.1. The Balaban J connectivity index is 1.65. The van der Waals surface area contributed by atoms with Gasteiger partial charge in [-0.15, -0.1) is 10.2 Å². The molecule has 1 aliphatic rings. The van der Waals surface area contributed by atoms with E-state index in [1.165, 1.54) is 6.42 Å². The monoisotopic (exact) mass is 425 g/mol. The molecule has 0 atom stereocenters. The van der Waals surface area contributed by atoms with Crippen LogP contribution in [0.15, 0.2) is 46.6 Å². The summed E-state index contributed by atoms with van der Waals surface area (Å²) in [5, 5.41) is 13.7. The number of hydrogen-bond acceptors (Lipinski definition) is 9. The van der Waals surface area contributed by atoms with E-state index in [0.29, 0.717) is 22.9 Å². The standard InChI is InChI=1S/C21H27N7O3/c1-23-13-19(29)24-18-10-9-16(21(22)25-18)27-26-15-7-3-4-8-17(15)31-20(30)14-28-11-5-2-6-12-28/h3-4,7-10,23H,2,5-6,11-14H2,1H3,(H3,22,24,25,29). The number of carbonyl (C=O) groups excluding carboxylic acids is 2. The van der Waals surface area contributed by atoms with E-state index in [-0.39, 0.29) is 30.8 Å². The molecule has 1 fully saturated rings. The van der Waals surface area contributed by atoms with E-state index in [1.807, 2.05) is 0 Å². The lowest BCUT2D eigenvalue weighted by Gasteiger charge is -2.25. The number of pyridine rings is 1. The van der Waals surface area contributed by atoms with Crippen LogP contribution in [0.3, 0.4) is 0 Å². The van der Waals surface area contributed by atoms with E-state index >= 15 is 0 Å². The summed E-state index contributed by atoms with van der Waals surface area (Å²) >= 11 is 0. The van der Waals surface area contributed by atoms with Crippen LogP contribution in [0, 0.1) is 0 Å². The van der Waals surface area contributed by atoms with Crippen molar-refractivity contribution in [3.8, 4) is 5.75 Å². The largest absolute Gasteiger partial charge is 0.423 e. The van der Waals surface area contributed by atoms with Crippen LogP contribution in [-0.2, 0) is 9.59 Å². The molecular formula is C21H27N7O3. The first-order chi connectivity index (χ1) is 15.0. The van der Waals surface area contributed by atoms with Crippen molar-refractivity contribution in [3.63, 3.8) is 0 Å². The third kappa shape index (κ3) is 6.83. The molecule has 2 heterocycles. The highest BCUT2D eigenvalue weighted by molar-refractivity contribution is 5.91. The fourth-order valence-corrected chi connectivity index (χ4v) is 3.16. The zero-order valence-electron chi connectivity index (χ0n) is 17.5. The van der Waals surface area contributed by atoms with Gasteiger partial charge in [0.1, 0.15) is 17.2 Å². The Morgan fingerprint density at radius 2 is 1.84 bits per heavy atom. The quantitative estimate of drug-likeness (QED) is 0.336. The molecule has 2 aromatic rings. The third-order valence-corrected chi connectivity index (χ3v) is 4.66. The number of carbonyl (C=O) groups is 2. The first-order valence-electron chi connectivity index (χ1n) is 10.2. The van der Waals surface area contributed by atoms with E-state index in [2.05, 4.69) is 30.7 Å². The number of nitrogen functional groups attached to an aromatic ring is 1. The summed E-state index contributed by atoms with van der Waals surface area (Å²) in [7, 11) is 1.67. The van der Waals surface area contributed by atoms with Gasteiger partial charge >= 0.3 is 5.97 Å². The average molecular weight is 425 g/mol. The van der Waals surface area contributed by atoms with Crippen molar-refractivity contribution in [1.29, 1.82) is 0 Å². The van der Waals surface area contributed by atoms with Crippen molar-refractivity contribution in [2.75, 3.05) is 44.3 Å². The Hall–Kier alpha value is -3.37. The van der Waals surface area contributed by atoms with E-state index in [4.69, 9.17) is 10.5 Å². The van der Waals surface area contributed by atoms with Crippen molar-refractivity contribution in [2.24, 2.45) is 10.2 Å². The van der Waals surface area contributed by atoms with Crippen LogP contribution in [0.5, 0.6) is 5.75 Å². The van der Waals surface area contributed by atoms with Gasteiger partial charge in [-0.1, -0.05) is 18.6 Å². The predicted molar refractivity (Wildman–Crippen MR) is 118 cm³/mol. The zero-order valence-corrected chi connectivity index (χ0v) is 17.5. The molecule has 1 aromatic heterocycles. The number of para-hydroxylation sites is 1. The van der Waals surface area contributed by atoms with Crippen LogP contribution in [0.4, 0.5) is 23.0 Å². The van der Waals surface area contributed by atoms with Gasteiger partial charge in [-0.25, -0.2) is 4.98 Å². The number of amides is 1. The van der Waals surface area contributed by atoms with Crippen LogP contribution in [0.1, 0.15) is 19.3 Å².